The Bertz CT molecular complexity index is 388. The van der Waals surface area contributed by atoms with E-state index >= 15 is 0 Å². The Hall–Kier alpha value is -1.20. The number of ketones is 1. The molecule has 0 amide bonds. The molecule has 0 radical (unpaired) electrons. The number of aryl methyl sites for hydroxylation is 2. The quantitative estimate of drug-likeness (QED) is 0.605. The number of nitrogens with zero attached hydrogens (tertiary/aromatic N) is 2. The average Bonchev–Trinajstić information content (AvgIpc) is 2.80. The summed E-state index contributed by atoms with van der Waals surface area (Å²) in [6.07, 6.45) is 1.78. The number of hydrogen-bond acceptors (Lipinski definition) is 4. The SMILES string of the molecule is CCc1cc(CC(=O)CCOCCOC)n(CC)n1. The third-order valence-electron chi connectivity index (χ3n) is 2.91. The number of carbonyl (C=O) groups excluding carboxylic acids is 1. The van der Waals surface area contributed by atoms with Crippen LogP contribution < -0.4 is 0 Å². The summed E-state index contributed by atoms with van der Waals surface area (Å²) in [5.74, 6) is 0.190. The van der Waals surface area contributed by atoms with Crippen LogP contribution in [-0.2, 0) is 33.7 Å². The Morgan fingerprint density at radius 2 is 2.11 bits per heavy atom. The number of methoxy groups -OCH3 is 1. The van der Waals surface area contributed by atoms with Crippen molar-refractivity contribution in [3.63, 3.8) is 0 Å². The van der Waals surface area contributed by atoms with Crippen LogP contribution in [0.5, 0.6) is 0 Å². The first-order chi connectivity index (χ1) is 9.21. The van der Waals surface area contributed by atoms with Gasteiger partial charge in [-0.25, -0.2) is 0 Å². The van der Waals surface area contributed by atoms with Crippen molar-refractivity contribution in [2.24, 2.45) is 0 Å². The number of aromatic nitrogens is 2. The molecule has 1 aromatic rings. The lowest BCUT2D eigenvalue weighted by Crippen LogP contribution is -2.12. The lowest BCUT2D eigenvalue weighted by atomic mass is 10.1. The summed E-state index contributed by atoms with van der Waals surface area (Å²) in [5, 5.41) is 4.44. The van der Waals surface area contributed by atoms with Gasteiger partial charge in [-0.2, -0.15) is 5.10 Å². The molecule has 0 bridgehead atoms. The van der Waals surface area contributed by atoms with E-state index in [4.69, 9.17) is 9.47 Å². The molecule has 1 heterocycles. The minimum atomic E-state index is 0.190. The molecule has 108 valence electrons. The maximum absolute atomic E-state index is 11.9. The maximum Gasteiger partial charge on any atom is 0.141 e. The Morgan fingerprint density at radius 3 is 2.74 bits per heavy atom. The van der Waals surface area contributed by atoms with Crippen LogP contribution in [-0.4, -0.2) is 42.5 Å². The largest absolute Gasteiger partial charge is 0.382 e. The van der Waals surface area contributed by atoms with Crippen LogP contribution in [0.25, 0.3) is 0 Å². The van der Waals surface area contributed by atoms with Gasteiger partial charge < -0.3 is 9.47 Å². The van der Waals surface area contributed by atoms with Crippen LogP contribution >= 0.6 is 0 Å². The highest BCUT2D eigenvalue weighted by Crippen LogP contribution is 2.08. The van der Waals surface area contributed by atoms with Crippen LogP contribution in [0.15, 0.2) is 6.07 Å². The summed E-state index contributed by atoms with van der Waals surface area (Å²) >= 11 is 0. The van der Waals surface area contributed by atoms with Gasteiger partial charge in [0.1, 0.15) is 5.78 Å². The second-order valence-electron chi connectivity index (χ2n) is 4.37. The number of rotatable bonds is 10. The highest BCUT2D eigenvalue weighted by molar-refractivity contribution is 5.80. The standard InChI is InChI=1S/C14H24N2O3/c1-4-12-10-13(16(5-2)15-12)11-14(17)6-7-19-9-8-18-3/h10H,4-9,11H2,1-3H3. The van der Waals surface area contributed by atoms with E-state index in [2.05, 4.69) is 12.0 Å². The normalized spacial score (nSPS) is 10.9. The predicted octanol–water partition coefficient (Wildman–Crippen LogP) is 1.63. The van der Waals surface area contributed by atoms with Gasteiger partial charge in [0.2, 0.25) is 0 Å². The fourth-order valence-corrected chi connectivity index (χ4v) is 1.82. The van der Waals surface area contributed by atoms with Crippen molar-refractivity contribution in [2.75, 3.05) is 26.9 Å². The highest BCUT2D eigenvalue weighted by Gasteiger charge is 2.10. The lowest BCUT2D eigenvalue weighted by Gasteiger charge is -2.05. The maximum atomic E-state index is 11.9. The van der Waals surface area contributed by atoms with E-state index in [0.717, 1.165) is 24.4 Å². The Labute approximate surface area is 114 Å². The van der Waals surface area contributed by atoms with Crippen molar-refractivity contribution in [2.45, 2.75) is 39.7 Å². The minimum Gasteiger partial charge on any atom is -0.382 e. The minimum absolute atomic E-state index is 0.190. The summed E-state index contributed by atoms with van der Waals surface area (Å²) in [4.78, 5) is 11.9. The predicted molar refractivity (Wildman–Crippen MR) is 73.3 cm³/mol. The molecule has 0 saturated carbocycles. The van der Waals surface area contributed by atoms with Crippen molar-refractivity contribution in [3.05, 3.63) is 17.5 Å². The molecule has 0 aromatic carbocycles. The third-order valence-corrected chi connectivity index (χ3v) is 2.91. The molecule has 19 heavy (non-hydrogen) atoms. The van der Waals surface area contributed by atoms with Crippen molar-refractivity contribution < 1.29 is 14.3 Å². The third kappa shape index (κ3) is 5.53. The molecule has 0 atom stereocenters. The van der Waals surface area contributed by atoms with Crippen molar-refractivity contribution in [1.82, 2.24) is 9.78 Å². The molecule has 0 fully saturated rings. The monoisotopic (exact) mass is 268 g/mol. The molecule has 0 spiro atoms. The Morgan fingerprint density at radius 1 is 1.32 bits per heavy atom. The Balaban J connectivity index is 2.37. The molecular formula is C14H24N2O3. The zero-order valence-corrected chi connectivity index (χ0v) is 12.1. The van der Waals surface area contributed by atoms with Crippen molar-refractivity contribution >= 4 is 5.78 Å². The lowest BCUT2D eigenvalue weighted by molar-refractivity contribution is -0.119. The first-order valence-corrected chi connectivity index (χ1v) is 6.85. The van der Waals surface area contributed by atoms with Gasteiger partial charge in [-0.15, -0.1) is 0 Å². The second-order valence-corrected chi connectivity index (χ2v) is 4.37. The van der Waals surface area contributed by atoms with Gasteiger partial charge in [0.15, 0.2) is 0 Å². The van der Waals surface area contributed by atoms with Gasteiger partial charge >= 0.3 is 0 Å². The summed E-state index contributed by atoms with van der Waals surface area (Å²) in [6.45, 7) is 6.47. The number of Topliss-reactive ketones (excluding diaryl/α,β-unsaturated/α-hetero) is 1. The molecule has 0 unspecified atom stereocenters. The van der Waals surface area contributed by atoms with Gasteiger partial charge in [0.25, 0.3) is 0 Å². The van der Waals surface area contributed by atoms with Crippen LogP contribution in [0.2, 0.25) is 0 Å². The number of hydrogen-bond donors (Lipinski definition) is 0. The van der Waals surface area contributed by atoms with E-state index in [1.165, 1.54) is 0 Å². The van der Waals surface area contributed by atoms with Crippen LogP contribution in [0.1, 0.15) is 31.7 Å². The van der Waals surface area contributed by atoms with E-state index in [9.17, 15) is 4.79 Å². The first kappa shape index (κ1) is 15.9. The van der Waals surface area contributed by atoms with Crippen LogP contribution in [0.4, 0.5) is 0 Å². The van der Waals surface area contributed by atoms with E-state index in [-0.39, 0.29) is 5.78 Å². The molecule has 0 N–H and O–H groups in total. The molecule has 0 aliphatic carbocycles. The van der Waals surface area contributed by atoms with Gasteiger partial charge in [-0.3, -0.25) is 9.48 Å². The summed E-state index contributed by atoms with van der Waals surface area (Å²) in [5.41, 5.74) is 2.04. The molecule has 1 rings (SSSR count). The fourth-order valence-electron chi connectivity index (χ4n) is 1.82. The molecule has 1 aromatic heterocycles. The van der Waals surface area contributed by atoms with Gasteiger partial charge in [-0.05, 0) is 19.4 Å². The zero-order chi connectivity index (χ0) is 14.1. The summed E-state index contributed by atoms with van der Waals surface area (Å²) < 4.78 is 12.1. The molecule has 0 saturated heterocycles. The molecule has 0 aliphatic heterocycles. The molecule has 5 heteroatoms. The number of ether oxygens (including phenoxy) is 2. The second kappa shape index (κ2) is 8.82. The summed E-state index contributed by atoms with van der Waals surface area (Å²) in [7, 11) is 1.63. The Kier molecular flexibility index (Phi) is 7.36. The average molecular weight is 268 g/mol. The van der Waals surface area contributed by atoms with Crippen LogP contribution in [0, 0.1) is 0 Å². The van der Waals surface area contributed by atoms with Gasteiger partial charge in [0.05, 0.1) is 25.5 Å². The van der Waals surface area contributed by atoms with E-state index < -0.39 is 0 Å². The molecular weight excluding hydrogens is 244 g/mol. The fraction of sp³-hybridized carbons (Fsp3) is 0.714. The van der Waals surface area contributed by atoms with Crippen LogP contribution in [0.3, 0.4) is 0 Å². The van der Waals surface area contributed by atoms with Gasteiger partial charge in [-0.1, -0.05) is 6.92 Å². The topological polar surface area (TPSA) is 53.4 Å². The zero-order valence-electron chi connectivity index (χ0n) is 12.1. The van der Waals surface area contributed by atoms with Gasteiger partial charge in [0, 0.05) is 32.2 Å². The van der Waals surface area contributed by atoms with E-state index in [1.807, 2.05) is 17.7 Å². The first-order valence-electron chi connectivity index (χ1n) is 6.85. The van der Waals surface area contributed by atoms with Crippen molar-refractivity contribution in [1.29, 1.82) is 0 Å². The van der Waals surface area contributed by atoms with E-state index in [0.29, 0.717) is 32.7 Å². The number of carbonyl (C=O) groups is 1. The highest BCUT2D eigenvalue weighted by atomic mass is 16.5. The summed E-state index contributed by atoms with van der Waals surface area (Å²) in [6, 6.07) is 2.02. The smallest absolute Gasteiger partial charge is 0.141 e. The molecule has 5 nitrogen and oxygen atoms in total. The van der Waals surface area contributed by atoms with E-state index in [1.54, 1.807) is 7.11 Å². The molecule has 0 aliphatic rings. The van der Waals surface area contributed by atoms with Crippen molar-refractivity contribution in [3.8, 4) is 0 Å².